The molecule has 1 saturated heterocycles. The Morgan fingerprint density at radius 3 is 2.68 bits per heavy atom. The van der Waals surface area contributed by atoms with E-state index in [2.05, 4.69) is 16.9 Å². The number of aromatic nitrogens is 1. The predicted octanol–water partition coefficient (Wildman–Crippen LogP) is 3.78. The van der Waals surface area contributed by atoms with Gasteiger partial charge in [0.15, 0.2) is 0 Å². The van der Waals surface area contributed by atoms with Crippen LogP contribution in [0.4, 0.5) is 0 Å². The molecule has 2 rings (SSSR count). The fourth-order valence-electron chi connectivity index (χ4n) is 2.34. The number of ether oxygens (including phenoxy) is 1. The number of halogens is 2. The molecular weight excluding hydrogens is 283 g/mol. The van der Waals surface area contributed by atoms with Gasteiger partial charge in [0, 0.05) is 37.7 Å². The number of hydrogen-bond donors (Lipinski definition) is 0. The predicted molar refractivity (Wildman–Crippen MR) is 78.8 cm³/mol. The maximum atomic E-state index is 6.12. The highest BCUT2D eigenvalue weighted by Gasteiger charge is 2.15. The topological polar surface area (TPSA) is 25.4 Å². The molecule has 1 atom stereocenters. The van der Waals surface area contributed by atoms with E-state index in [0.29, 0.717) is 16.1 Å². The second-order valence-electron chi connectivity index (χ2n) is 5.10. The quantitative estimate of drug-likeness (QED) is 0.828. The van der Waals surface area contributed by atoms with Crippen molar-refractivity contribution in [2.24, 2.45) is 0 Å². The molecular formula is C14H20Cl2N2O. The summed E-state index contributed by atoms with van der Waals surface area (Å²) in [5.41, 5.74) is 0.949. The number of nitrogens with zero attached hydrogens (tertiary/aromatic N) is 2. The van der Waals surface area contributed by atoms with Gasteiger partial charge in [0.1, 0.15) is 0 Å². The van der Waals surface area contributed by atoms with E-state index >= 15 is 0 Å². The third-order valence-electron chi connectivity index (χ3n) is 3.49. The molecule has 0 aromatic carbocycles. The molecule has 1 fully saturated rings. The number of hydrogen-bond acceptors (Lipinski definition) is 3. The molecule has 1 aliphatic rings. The van der Waals surface area contributed by atoms with E-state index < -0.39 is 0 Å². The lowest BCUT2D eigenvalue weighted by Gasteiger charge is -2.25. The maximum Gasteiger partial charge on any atom is 0.0649 e. The van der Waals surface area contributed by atoms with Gasteiger partial charge in [-0.05, 0) is 32.7 Å². The molecule has 0 spiro atoms. The summed E-state index contributed by atoms with van der Waals surface area (Å²) in [6.45, 7) is 2.64. The van der Waals surface area contributed by atoms with Crippen molar-refractivity contribution in [1.29, 1.82) is 0 Å². The molecule has 1 aromatic rings. The molecule has 3 nitrogen and oxygen atoms in total. The monoisotopic (exact) mass is 302 g/mol. The Morgan fingerprint density at radius 1 is 1.32 bits per heavy atom. The summed E-state index contributed by atoms with van der Waals surface area (Å²) < 4.78 is 5.74. The van der Waals surface area contributed by atoms with Gasteiger partial charge in [0.2, 0.25) is 0 Å². The van der Waals surface area contributed by atoms with Crippen molar-refractivity contribution < 1.29 is 4.74 Å². The zero-order valence-corrected chi connectivity index (χ0v) is 12.8. The van der Waals surface area contributed by atoms with E-state index in [4.69, 9.17) is 27.9 Å². The van der Waals surface area contributed by atoms with Gasteiger partial charge >= 0.3 is 0 Å². The van der Waals surface area contributed by atoms with Crippen LogP contribution in [0.5, 0.6) is 0 Å². The van der Waals surface area contributed by atoms with E-state index in [-0.39, 0.29) is 0 Å². The van der Waals surface area contributed by atoms with Crippen LogP contribution in [0.15, 0.2) is 12.4 Å². The minimum absolute atomic E-state index is 0.416. The van der Waals surface area contributed by atoms with Crippen LogP contribution >= 0.6 is 23.2 Å². The van der Waals surface area contributed by atoms with Crippen molar-refractivity contribution in [1.82, 2.24) is 9.88 Å². The highest BCUT2D eigenvalue weighted by molar-refractivity contribution is 6.35. The Balaban J connectivity index is 1.82. The van der Waals surface area contributed by atoms with Crippen molar-refractivity contribution in [3.63, 3.8) is 0 Å². The van der Waals surface area contributed by atoms with Crippen LogP contribution in [-0.4, -0.2) is 36.2 Å². The molecule has 0 bridgehead atoms. The first-order valence-corrected chi connectivity index (χ1v) is 7.50. The van der Waals surface area contributed by atoms with Crippen LogP contribution in [0.2, 0.25) is 10.0 Å². The summed E-state index contributed by atoms with van der Waals surface area (Å²) in [7, 11) is 2.08. The summed E-state index contributed by atoms with van der Waals surface area (Å²) in [5.74, 6) is 0. The molecule has 0 unspecified atom stereocenters. The molecule has 5 heteroatoms. The molecule has 106 valence electrons. The van der Waals surface area contributed by atoms with E-state index in [0.717, 1.165) is 31.7 Å². The molecule has 0 radical (unpaired) electrons. The van der Waals surface area contributed by atoms with Gasteiger partial charge < -0.3 is 9.64 Å². The average molecular weight is 303 g/mol. The SMILES string of the molecule is CN(CC[C@H]1CCCCO1)Cc1c(Cl)cncc1Cl. The van der Waals surface area contributed by atoms with Gasteiger partial charge in [-0.2, -0.15) is 0 Å². The Kier molecular flexibility index (Phi) is 5.89. The summed E-state index contributed by atoms with van der Waals surface area (Å²) in [6.07, 6.45) is 8.44. The zero-order valence-electron chi connectivity index (χ0n) is 11.2. The van der Waals surface area contributed by atoms with E-state index in [1.807, 2.05) is 0 Å². The van der Waals surface area contributed by atoms with Crippen LogP contribution < -0.4 is 0 Å². The fourth-order valence-corrected chi connectivity index (χ4v) is 2.82. The van der Waals surface area contributed by atoms with Crippen LogP contribution in [0.1, 0.15) is 31.2 Å². The fraction of sp³-hybridized carbons (Fsp3) is 0.643. The van der Waals surface area contributed by atoms with Crippen molar-refractivity contribution in [2.45, 2.75) is 38.3 Å². The van der Waals surface area contributed by atoms with Crippen molar-refractivity contribution >= 4 is 23.2 Å². The molecule has 2 heterocycles. The van der Waals surface area contributed by atoms with E-state index in [9.17, 15) is 0 Å². The molecule has 0 saturated carbocycles. The minimum atomic E-state index is 0.416. The standard InChI is InChI=1S/C14H20Cl2N2O/c1-18(6-5-11-4-2-3-7-19-11)10-12-13(15)8-17-9-14(12)16/h8-9,11H,2-7,10H2,1H3/t11-/m1/s1. The second-order valence-corrected chi connectivity index (χ2v) is 5.91. The second kappa shape index (κ2) is 7.44. The molecule has 19 heavy (non-hydrogen) atoms. The highest BCUT2D eigenvalue weighted by atomic mass is 35.5. The van der Waals surface area contributed by atoms with Crippen LogP contribution in [0.25, 0.3) is 0 Å². The smallest absolute Gasteiger partial charge is 0.0649 e. The largest absolute Gasteiger partial charge is 0.378 e. The van der Waals surface area contributed by atoms with Crippen LogP contribution in [-0.2, 0) is 11.3 Å². The number of pyridine rings is 1. The van der Waals surface area contributed by atoms with Gasteiger partial charge in [0.25, 0.3) is 0 Å². The summed E-state index contributed by atoms with van der Waals surface area (Å²) in [4.78, 5) is 6.20. The van der Waals surface area contributed by atoms with Crippen molar-refractivity contribution in [3.8, 4) is 0 Å². The minimum Gasteiger partial charge on any atom is -0.378 e. The van der Waals surface area contributed by atoms with Gasteiger partial charge in [-0.3, -0.25) is 4.98 Å². The molecule has 0 N–H and O–H groups in total. The molecule has 0 amide bonds. The average Bonchev–Trinajstić information content (AvgIpc) is 2.42. The summed E-state index contributed by atoms with van der Waals surface area (Å²) >= 11 is 12.2. The van der Waals surface area contributed by atoms with Gasteiger partial charge in [-0.25, -0.2) is 0 Å². The first-order chi connectivity index (χ1) is 9.16. The first kappa shape index (κ1) is 15.0. The first-order valence-electron chi connectivity index (χ1n) is 6.75. The summed E-state index contributed by atoms with van der Waals surface area (Å²) in [5, 5.41) is 1.27. The Bertz CT molecular complexity index is 388. The Hall–Kier alpha value is -0.350. The lowest BCUT2D eigenvalue weighted by Crippen LogP contribution is -2.27. The number of rotatable bonds is 5. The molecule has 1 aromatic heterocycles. The lowest BCUT2D eigenvalue weighted by atomic mass is 10.1. The zero-order chi connectivity index (χ0) is 13.7. The molecule has 1 aliphatic heterocycles. The van der Waals surface area contributed by atoms with Gasteiger partial charge in [-0.15, -0.1) is 0 Å². The van der Waals surface area contributed by atoms with Gasteiger partial charge in [-0.1, -0.05) is 23.2 Å². The van der Waals surface area contributed by atoms with E-state index in [1.165, 1.54) is 19.3 Å². The third kappa shape index (κ3) is 4.60. The molecule has 0 aliphatic carbocycles. The lowest BCUT2D eigenvalue weighted by molar-refractivity contribution is 0.00641. The maximum absolute atomic E-state index is 6.12. The van der Waals surface area contributed by atoms with E-state index in [1.54, 1.807) is 12.4 Å². The normalized spacial score (nSPS) is 19.9. The van der Waals surface area contributed by atoms with Crippen LogP contribution in [0.3, 0.4) is 0 Å². The summed E-state index contributed by atoms with van der Waals surface area (Å²) in [6, 6.07) is 0. The third-order valence-corrected chi connectivity index (χ3v) is 4.14. The van der Waals surface area contributed by atoms with Gasteiger partial charge in [0.05, 0.1) is 16.1 Å². The highest BCUT2D eigenvalue weighted by Crippen LogP contribution is 2.24. The van der Waals surface area contributed by atoms with Crippen molar-refractivity contribution in [3.05, 3.63) is 28.0 Å². The Labute approximate surface area is 124 Å². The van der Waals surface area contributed by atoms with Crippen LogP contribution in [0, 0.1) is 0 Å². The Morgan fingerprint density at radius 2 is 2.05 bits per heavy atom. The van der Waals surface area contributed by atoms with Crippen molar-refractivity contribution in [2.75, 3.05) is 20.2 Å².